The van der Waals surface area contributed by atoms with Gasteiger partial charge in [-0.15, -0.1) is 23.3 Å². The SMILES string of the molecule is Oc1ccccc1-n1cccn1.Oc1ccccc1-n1cccn1.[BH4-].[CH3-].[Cl][Ir+2].[Ir].[c-]1ccc(-c2ccccc2)cc1-n1cccn1.[c-]1ccc(-c2ccccc2)cc1-n1cccn1.c1ccc(-c2cccc(-n3cccn3)c2)cc1. The first-order valence-corrected chi connectivity index (χ1v) is 27.0. The number of nitrogens with zero attached hydrogens (tertiary/aromatic N) is 10. The van der Waals surface area contributed by atoms with Crippen LogP contribution in [0.25, 0.3) is 61.8 Å². The van der Waals surface area contributed by atoms with Crippen molar-refractivity contribution in [1.29, 1.82) is 0 Å². The third-order valence-electron chi connectivity index (χ3n) is 11.3. The van der Waals surface area contributed by atoms with E-state index in [1.54, 1.807) is 77.0 Å². The second-order valence-electron chi connectivity index (χ2n) is 16.3. The van der Waals surface area contributed by atoms with E-state index in [4.69, 9.17) is 0 Å². The van der Waals surface area contributed by atoms with Crippen molar-refractivity contribution >= 4 is 18.0 Å². The molecule has 0 atom stereocenters. The second-order valence-corrected chi connectivity index (χ2v) is 16.3. The summed E-state index contributed by atoms with van der Waals surface area (Å²) < 4.78 is 8.73. The van der Waals surface area contributed by atoms with E-state index in [0.29, 0.717) is 11.4 Å². The van der Waals surface area contributed by atoms with Gasteiger partial charge in [0, 0.05) is 82.1 Å². The van der Waals surface area contributed by atoms with Gasteiger partial charge in [0.05, 0.1) is 5.69 Å². The molecule has 16 heteroatoms. The minimum atomic E-state index is 0. The maximum atomic E-state index is 9.42. The Labute approximate surface area is 497 Å². The van der Waals surface area contributed by atoms with E-state index >= 15 is 0 Å². The Kier molecular flexibility index (Phi) is 25.8. The van der Waals surface area contributed by atoms with Crippen molar-refractivity contribution in [2.45, 2.75) is 0 Å². The minimum absolute atomic E-state index is 0. The average Bonchev–Trinajstić information content (AvgIpc) is 4.39. The third-order valence-corrected chi connectivity index (χ3v) is 11.3. The molecule has 0 aliphatic rings. The van der Waals surface area contributed by atoms with Gasteiger partial charge in [0.25, 0.3) is 0 Å². The van der Waals surface area contributed by atoms with Crippen LogP contribution in [0.4, 0.5) is 0 Å². The van der Waals surface area contributed by atoms with Crippen molar-refractivity contribution in [3.05, 3.63) is 312 Å². The largest absolute Gasteiger partial charge is 0.266 e. The molecule has 13 rings (SSSR count). The van der Waals surface area contributed by atoms with E-state index in [1.165, 1.54) is 51.3 Å². The number of hydrogen-bond acceptors (Lipinski definition) is 7. The molecule has 5 heterocycles. The average molecular weight is 1430 g/mol. The van der Waals surface area contributed by atoms with Crippen LogP contribution in [0.15, 0.2) is 292 Å². The predicted octanol–water partition coefficient (Wildman–Crippen LogP) is 13.1. The van der Waals surface area contributed by atoms with Crippen LogP contribution in [0, 0.1) is 19.6 Å². The molecule has 0 amide bonds. The van der Waals surface area contributed by atoms with E-state index in [9.17, 15) is 10.2 Å². The van der Waals surface area contributed by atoms with Crippen LogP contribution in [0.5, 0.6) is 11.5 Å². The van der Waals surface area contributed by atoms with Crippen molar-refractivity contribution in [3.63, 3.8) is 0 Å². The number of rotatable bonds is 8. The number of hydrogen-bond donors (Lipinski definition) is 2. The molecule has 0 spiro atoms. The summed E-state index contributed by atoms with van der Waals surface area (Å²) in [4.78, 5) is 0. The van der Waals surface area contributed by atoms with Crippen LogP contribution in [-0.4, -0.2) is 67.5 Å². The molecular weight excluding hydrogens is 1370 g/mol. The summed E-state index contributed by atoms with van der Waals surface area (Å²) in [5, 5.41) is 39.5. The van der Waals surface area contributed by atoms with Crippen molar-refractivity contribution in [2.75, 3.05) is 0 Å². The zero-order valence-electron chi connectivity index (χ0n) is 42.6. The van der Waals surface area contributed by atoms with Crippen LogP contribution in [0.3, 0.4) is 0 Å². The zero-order chi connectivity index (χ0) is 53.3. The minimum Gasteiger partial charge on any atom is -0.266 e. The third kappa shape index (κ3) is 17.8. The van der Waals surface area contributed by atoms with Crippen molar-refractivity contribution in [2.24, 2.45) is 0 Å². The van der Waals surface area contributed by atoms with Crippen molar-refractivity contribution < 1.29 is 48.2 Å². The summed E-state index contributed by atoms with van der Waals surface area (Å²) in [7, 11) is 4.64. The normalized spacial score (nSPS) is 9.68. The Bertz CT molecular complexity index is 3340. The molecular formula is C64H57BClIr2N10O2-2. The van der Waals surface area contributed by atoms with E-state index in [-0.39, 0.29) is 47.4 Å². The van der Waals surface area contributed by atoms with Gasteiger partial charge in [0.1, 0.15) is 22.9 Å². The van der Waals surface area contributed by atoms with Crippen LogP contribution >= 0.6 is 9.58 Å². The number of phenolic OH excluding ortho intramolecular Hbond substituents is 2. The Morgan fingerprint density at radius 3 is 1.00 bits per heavy atom. The van der Waals surface area contributed by atoms with Crippen LogP contribution in [-0.2, 0) is 38.0 Å². The molecule has 5 aromatic heterocycles. The molecule has 12 nitrogen and oxygen atoms in total. The van der Waals surface area contributed by atoms with Gasteiger partial charge in [-0.2, -0.15) is 61.9 Å². The van der Waals surface area contributed by atoms with Gasteiger partial charge < -0.3 is 17.6 Å². The molecule has 0 unspecified atom stereocenters. The number of aromatic nitrogens is 10. The van der Waals surface area contributed by atoms with Gasteiger partial charge in [-0.05, 0) is 100 Å². The standard InChI is InChI=1S/C15H12N2.2C15H11N2.2C9H8N2O.CH3.BH4.ClH.2Ir/c3*1-2-6-13(7-3-1)14-8-4-9-15(12-14)17-11-5-10-16-17;2*12-9-5-2-1-4-8(9)11-7-3-6-10-11;;;;;/h1-12H;2*1-8,10-12H;2*1-7,12H;1H3;1H4;1H;;/q;2*-1;;;2*-1;;;+3/p-1. The summed E-state index contributed by atoms with van der Waals surface area (Å²) in [6.45, 7) is 0. The van der Waals surface area contributed by atoms with Crippen molar-refractivity contribution in [1.82, 2.24) is 48.9 Å². The molecule has 0 fully saturated rings. The summed E-state index contributed by atoms with van der Waals surface area (Å²) >= 11 is 1.47. The number of aromatic hydroxyl groups is 2. The summed E-state index contributed by atoms with van der Waals surface area (Å²) in [6, 6.07) is 81.4. The molecule has 0 aliphatic carbocycles. The predicted molar refractivity (Wildman–Crippen MR) is 319 cm³/mol. The maximum Gasteiger partial charge on any atom is 0.0651 e. The molecule has 1 radical (unpaired) electrons. The fourth-order valence-electron chi connectivity index (χ4n) is 7.63. The number of para-hydroxylation sites is 4. The number of halogens is 1. The first-order valence-electron chi connectivity index (χ1n) is 24.0. The van der Waals surface area contributed by atoms with E-state index in [0.717, 1.165) is 17.1 Å². The van der Waals surface area contributed by atoms with Gasteiger partial charge >= 0.3 is 27.5 Å². The Morgan fingerprint density at radius 2 is 0.650 bits per heavy atom. The Morgan fingerprint density at radius 1 is 0.338 bits per heavy atom. The van der Waals surface area contributed by atoms with Gasteiger partial charge in [0.15, 0.2) is 0 Å². The van der Waals surface area contributed by atoms with Gasteiger partial charge in [-0.1, -0.05) is 136 Å². The maximum absolute atomic E-state index is 9.42. The summed E-state index contributed by atoms with van der Waals surface area (Å²) in [5.41, 5.74) is 11.6. The van der Waals surface area contributed by atoms with E-state index < -0.39 is 0 Å². The van der Waals surface area contributed by atoms with Gasteiger partial charge in [-0.25, -0.2) is 14.0 Å². The first-order chi connectivity index (χ1) is 38.1. The molecule has 13 aromatic rings. The Balaban J connectivity index is 0.000000182. The number of phenols is 2. The van der Waals surface area contributed by atoms with Gasteiger partial charge in [-0.3, -0.25) is 9.36 Å². The molecule has 0 saturated heterocycles. The smallest absolute Gasteiger partial charge is 0.0651 e. The van der Waals surface area contributed by atoms with Gasteiger partial charge in [0.2, 0.25) is 0 Å². The second kappa shape index (κ2) is 33.4. The summed E-state index contributed by atoms with van der Waals surface area (Å²) in [5.74, 6) is 0.474. The molecule has 0 bridgehead atoms. The van der Waals surface area contributed by atoms with Crippen LogP contribution in [0.1, 0.15) is 0 Å². The molecule has 2 N–H and O–H groups in total. The number of benzene rings is 8. The fraction of sp³-hybridized carbons (Fsp3) is 0. The molecule has 80 heavy (non-hydrogen) atoms. The molecule has 0 aliphatic heterocycles. The quantitative estimate of drug-likeness (QED) is 0.114. The van der Waals surface area contributed by atoms with E-state index in [2.05, 4.69) is 144 Å². The fourth-order valence-corrected chi connectivity index (χ4v) is 7.63. The topological polar surface area (TPSA) is 130 Å². The Hall–Kier alpha value is -8.94. The molecule has 8 aromatic carbocycles. The monoisotopic (exact) mass is 1430 g/mol. The van der Waals surface area contributed by atoms with E-state index in [1.807, 2.05) is 142 Å². The first kappa shape index (κ1) is 61.9. The molecule has 0 saturated carbocycles. The summed E-state index contributed by atoms with van der Waals surface area (Å²) in [6.07, 6.45) is 18.0. The molecule has 405 valence electrons. The van der Waals surface area contributed by atoms with Crippen LogP contribution in [0.2, 0.25) is 0 Å². The zero-order valence-corrected chi connectivity index (χ0v) is 48.2. The van der Waals surface area contributed by atoms with Crippen molar-refractivity contribution in [3.8, 4) is 73.3 Å². The van der Waals surface area contributed by atoms with Crippen LogP contribution < -0.4 is 0 Å².